The van der Waals surface area contributed by atoms with E-state index in [4.69, 9.17) is 10.2 Å². The molecule has 1 aromatic rings. The summed E-state index contributed by atoms with van der Waals surface area (Å²) >= 11 is 0. The summed E-state index contributed by atoms with van der Waals surface area (Å²) in [6.45, 7) is 1.17. The Morgan fingerprint density at radius 2 is 1.67 bits per heavy atom. The van der Waals surface area contributed by atoms with Crippen LogP contribution >= 0.6 is 0 Å². The minimum absolute atomic E-state index is 0.216. The van der Waals surface area contributed by atoms with Gasteiger partial charge in [0.25, 0.3) is 0 Å². The number of phenolic OH excluding ortho intramolecular Hbond substituents is 3. The molecular formula is C8H7F3O4. The maximum atomic E-state index is 11.8. The van der Waals surface area contributed by atoms with E-state index in [9.17, 15) is 18.3 Å². The highest BCUT2D eigenvalue weighted by atomic mass is 19.4. The molecule has 0 aliphatic rings. The molecule has 0 spiro atoms. The molecular weight excluding hydrogens is 217 g/mol. The average Bonchev–Trinajstić information content (AvgIpc) is 2.07. The number of hydrogen-bond donors (Lipinski definition) is 3. The number of benzene rings is 1. The zero-order valence-corrected chi connectivity index (χ0v) is 7.46. The second kappa shape index (κ2) is 3.41. The van der Waals surface area contributed by atoms with E-state index in [1.54, 1.807) is 0 Å². The van der Waals surface area contributed by atoms with Gasteiger partial charge in [-0.1, -0.05) is 0 Å². The zero-order valence-electron chi connectivity index (χ0n) is 7.46. The van der Waals surface area contributed by atoms with Gasteiger partial charge in [0.1, 0.15) is 5.75 Å². The summed E-state index contributed by atoms with van der Waals surface area (Å²) in [7, 11) is 0. The maximum absolute atomic E-state index is 11.8. The number of alkyl halides is 3. The fraction of sp³-hybridized carbons (Fsp3) is 0.250. The lowest BCUT2D eigenvalue weighted by Crippen LogP contribution is -2.17. The topological polar surface area (TPSA) is 69.9 Å². The van der Waals surface area contributed by atoms with E-state index in [0.717, 1.165) is 0 Å². The molecule has 0 unspecified atom stereocenters. The minimum atomic E-state index is -5.03. The molecule has 0 atom stereocenters. The Hall–Kier alpha value is -1.79. The number of halogens is 3. The van der Waals surface area contributed by atoms with Crippen LogP contribution in [0.1, 0.15) is 5.56 Å². The van der Waals surface area contributed by atoms with Crippen molar-refractivity contribution < 1.29 is 33.2 Å². The molecule has 84 valence electrons. The number of aromatic hydroxyl groups is 3. The Bertz CT molecular complexity index is 386. The second-order valence-electron chi connectivity index (χ2n) is 2.77. The van der Waals surface area contributed by atoms with Crippen LogP contribution in [0.3, 0.4) is 0 Å². The summed E-state index contributed by atoms with van der Waals surface area (Å²) in [6, 6.07) is 0.649. The molecule has 1 rings (SSSR count). The fourth-order valence-corrected chi connectivity index (χ4v) is 0.933. The fourth-order valence-electron chi connectivity index (χ4n) is 0.933. The molecule has 0 aliphatic heterocycles. The van der Waals surface area contributed by atoms with Gasteiger partial charge in [0.05, 0.1) is 0 Å². The highest BCUT2D eigenvalue weighted by Gasteiger charge is 2.34. The van der Waals surface area contributed by atoms with Gasteiger partial charge < -0.3 is 20.1 Å². The van der Waals surface area contributed by atoms with Gasteiger partial charge in [0, 0.05) is 11.6 Å². The van der Waals surface area contributed by atoms with Gasteiger partial charge in [-0.2, -0.15) is 0 Å². The summed E-state index contributed by atoms with van der Waals surface area (Å²) in [5.41, 5.74) is -0.216. The van der Waals surface area contributed by atoms with Crippen molar-refractivity contribution in [1.82, 2.24) is 0 Å². The van der Waals surface area contributed by atoms with Crippen LogP contribution in [0.5, 0.6) is 23.0 Å². The van der Waals surface area contributed by atoms with Gasteiger partial charge in [0.2, 0.25) is 5.75 Å². The van der Waals surface area contributed by atoms with Crippen LogP contribution in [0.25, 0.3) is 0 Å². The molecule has 0 bridgehead atoms. The average molecular weight is 224 g/mol. The quantitative estimate of drug-likeness (QED) is 0.682. The van der Waals surface area contributed by atoms with Crippen LogP contribution in [-0.2, 0) is 0 Å². The standard InChI is InChI=1S/C8H7F3O4/c1-3-4(12)2-5(13)7(6(3)14)15-8(9,10)11/h2,12-14H,1H3. The van der Waals surface area contributed by atoms with Crippen LogP contribution in [0, 0.1) is 6.92 Å². The second-order valence-corrected chi connectivity index (χ2v) is 2.77. The monoisotopic (exact) mass is 224 g/mol. The third-order valence-corrected chi connectivity index (χ3v) is 1.68. The minimum Gasteiger partial charge on any atom is -0.507 e. The first kappa shape index (κ1) is 11.3. The third-order valence-electron chi connectivity index (χ3n) is 1.68. The molecule has 0 saturated carbocycles. The molecule has 0 fully saturated rings. The molecule has 3 N–H and O–H groups in total. The van der Waals surface area contributed by atoms with Crippen molar-refractivity contribution in [2.24, 2.45) is 0 Å². The van der Waals surface area contributed by atoms with Crippen LogP contribution in [0.2, 0.25) is 0 Å². The summed E-state index contributed by atoms with van der Waals surface area (Å²) in [5.74, 6) is -3.60. The highest BCUT2D eigenvalue weighted by molar-refractivity contribution is 5.59. The predicted molar refractivity (Wildman–Crippen MR) is 42.9 cm³/mol. The lowest BCUT2D eigenvalue weighted by atomic mass is 10.1. The molecule has 0 radical (unpaired) electrons. The summed E-state index contributed by atoms with van der Waals surface area (Å²) in [6.07, 6.45) is -5.03. The van der Waals surface area contributed by atoms with Gasteiger partial charge in [-0.25, -0.2) is 0 Å². The molecule has 15 heavy (non-hydrogen) atoms. The summed E-state index contributed by atoms with van der Waals surface area (Å²) in [4.78, 5) is 0. The lowest BCUT2D eigenvalue weighted by molar-refractivity contribution is -0.275. The Morgan fingerprint density at radius 1 is 1.13 bits per heavy atom. The normalized spacial score (nSPS) is 11.5. The van der Waals surface area contributed by atoms with Crippen LogP contribution in [0.4, 0.5) is 13.2 Å². The molecule has 0 aliphatic carbocycles. The maximum Gasteiger partial charge on any atom is 0.573 e. The van der Waals surface area contributed by atoms with Crippen molar-refractivity contribution in [2.45, 2.75) is 13.3 Å². The van der Waals surface area contributed by atoms with E-state index in [-0.39, 0.29) is 5.56 Å². The zero-order chi connectivity index (χ0) is 11.8. The van der Waals surface area contributed by atoms with E-state index >= 15 is 0 Å². The molecule has 0 aromatic heterocycles. The van der Waals surface area contributed by atoms with E-state index in [1.165, 1.54) is 6.92 Å². The van der Waals surface area contributed by atoms with Gasteiger partial charge in [-0.15, -0.1) is 13.2 Å². The third kappa shape index (κ3) is 2.36. The van der Waals surface area contributed by atoms with Crippen LogP contribution in [-0.4, -0.2) is 21.7 Å². The Labute approximate surface area is 82.2 Å². The van der Waals surface area contributed by atoms with Crippen LogP contribution < -0.4 is 4.74 Å². The van der Waals surface area contributed by atoms with E-state index in [0.29, 0.717) is 6.07 Å². The summed E-state index contributed by atoms with van der Waals surface area (Å²) in [5, 5.41) is 27.2. The first-order valence-electron chi connectivity index (χ1n) is 3.72. The van der Waals surface area contributed by atoms with Crippen molar-refractivity contribution in [2.75, 3.05) is 0 Å². The van der Waals surface area contributed by atoms with E-state index < -0.39 is 29.4 Å². The molecule has 4 nitrogen and oxygen atoms in total. The highest BCUT2D eigenvalue weighted by Crippen LogP contribution is 2.44. The van der Waals surface area contributed by atoms with Crippen molar-refractivity contribution in [3.05, 3.63) is 11.6 Å². The number of phenols is 3. The van der Waals surface area contributed by atoms with Crippen molar-refractivity contribution >= 4 is 0 Å². The molecule has 0 amide bonds. The largest absolute Gasteiger partial charge is 0.573 e. The smallest absolute Gasteiger partial charge is 0.507 e. The number of ether oxygens (including phenoxy) is 1. The molecule has 1 aromatic carbocycles. The first-order chi connectivity index (χ1) is 6.72. The SMILES string of the molecule is Cc1c(O)cc(O)c(OC(F)(F)F)c1O. The Morgan fingerprint density at radius 3 is 2.13 bits per heavy atom. The van der Waals surface area contributed by atoms with Crippen LogP contribution in [0.15, 0.2) is 6.07 Å². The Kier molecular flexibility index (Phi) is 2.57. The van der Waals surface area contributed by atoms with E-state index in [1.807, 2.05) is 0 Å². The predicted octanol–water partition coefficient (Wildman–Crippen LogP) is 2.01. The van der Waals surface area contributed by atoms with Gasteiger partial charge in [-0.05, 0) is 6.92 Å². The van der Waals surface area contributed by atoms with Gasteiger partial charge in [-0.3, -0.25) is 0 Å². The molecule has 0 saturated heterocycles. The molecule has 0 heterocycles. The summed E-state index contributed by atoms with van der Waals surface area (Å²) < 4.78 is 38.9. The van der Waals surface area contributed by atoms with Gasteiger partial charge >= 0.3 is 6.36 Å². The number of rotatable bonds is 1. The van der Waals surface area contributed by atoms with Crippen molar-refractivity contribution in [3.63, 3.8) is 0 Å². The Balaban J connectivity index is 3.24. The van der Waals surface area contributed by atoms with Gasteiger partial charge in [0.15, 0.2) is 11.5 Å². The lowest BCUT2D eigenvalue weighted by Gasteiger charge is -2.13. The number of hydrogen-bond acceptors (Lipinski definition) is 4. The van der Waals surface area contributed by atoms with Crippen molar-refractivity contribution in [3.8, 4) is 23.0 Å². The van der Waals surface area contributed by atoms with Crippen molar-refractivity contribution in [1.29, 1.82) is 0 Å². The molecule has 7 heteroatoms. The first-order valence-corrected chi connectivity index (χ1v) is 3.72. The van der Waals surface area contributed by atoms with E-state index in [2.05, 4.69) is 4.74 Å².